The van der Waals surface area contributed by atoms with Crippen molar-refractivity contribution in [2.24, 2.45) is 35.5 Å². The molecule has 7 atom stereocenters. The van der Waals surface area contributed by atoms with E-state index in [4.69, 9.17) is 0 Å². The second kappa shape index (κ2) is 5.87. The van der Waals surface area contributed by atoms with Crippen molar-refractivity contribution in [2.75, 3.05) is 5.32 Å². The van der Waals surface area contributed by atoms with Crippen LogP contribution >= 0.6 is 0 Å². The molecule has 0 radical (unpaired) electrons. The number of carbonyl (C=O) groups is 4. The number of anilines is 1. The molecule has 0 spiro atoms. The van der Waals surface area contributed by atoms with E-state index in [1.54, 1.807) is 31.2 Å². The number of allylic oxidation sites excluding steroid dienone is 2. The summed E-state index contributed by atoms with van der Waals surface area (Å²) in [6.45, 7) is 3.08. The molecule has 144 valence electrons. The van der Waals surface area contributed by atoms with Gasteiger partial charge in [0, 0.05) is 11.3 Å². The largest absolute Gasteiger partial charge is 0.324 e. The lowest BCUT2D eigenvalue weighted by molar-refractivity contribution is -0.146. The van der Waals surface area contributed by atoms with Gasteiger partial charge in [0.15, 0.2) is 5.78 Å². The van der Waals surface area contributed by atoms with Gasteiger partial charge in [0.25, 0.3) is 0 Å². The molecular formula is C22H22N2O4. The molecule has 1 aliphatic heterocycles. The van der Waals surface area contributed by atoms with Gasteiger partial charge >= 0.3 is 0 Å². The maximum absolute atomic E-state index is 13.1. The van der Waals surface area contributed by atoms with Crippen molar-refractivity contribution in [1.29, 1.82) is 0 Å². The molecule has 1 saturated heterocycles. The fraction of sp³-hybridized carbons (Fsp3) is 0.455. The van der Waals surface area contributed by atoms with Gasteiger partial charge in [-0.25, -0.2) is 0 Å². The minimum Gasteiger partial charge on any atom is -0.324 e. The van der Waals surface area contributed by atoms with Crippen molar-refractivity contribution in [3.05, 3.63) is 42.0 Å². The smallest absolute Gasteiger partial charge is 0.247 e. The summed E-state index contributed by atoms with van der Waals surface area (Å²) in [5.41, 5.74) is 1.09. The third-order valence-electron chi connectivity index (χ3n) is 7.02. The number of nitrogens with zero attached hydrogens (tertiary/aromatic N) is 1. The van der Waals surface area contributed by atoms with E-state index in [0.717, 1.165) is 6.42 Å². The zero-order valence-electron chi connectivity index (χ0n) is 15.8. The summed E-state index contributed by atoms with van der Waals surface area (Å²) in [5.74, 6) is -0.0681. The fourth-order valence-electron chi connectivity index (χ4n) is 5.51. The van der Waals surface area contributed by atoms with Crippen molar-refractivity contribution in [3.63, 3.8) is 0 Å². The number of Topliss-reactive ketones (excluding diaryl/α,β-unsaturated/α-hetero) is 1. The summed E-state index contributed by atoms with van der Waals surface area (Å²) in [5, 5.41) is 2.75. The number of imide groups is 1. The number of carbonyl (C=O) groups excluding carboxylic acids is 4. The zero-order valence-corrected chi connectivity index (χ0v) is 15.8. The molecule has 6 nitrogen and oxygen atoms in total. The predicted octanol–water partition coefficient (Wildman–Crippen LogP) is 2.27. The highest BCUT2D eigenvalue weighted by atomic mass is 16.2. The Morgan fingerprint density at radius 2 is 1.54 bits per heavy atom. The number of amides is 3. The van der Waals surface area contributed by atoms with E-state index in [1.165, 1.54) is 11.8 Å². The van der Waals surface area contributed by atoms with E-state index in [9.17, 15) is 19.2 Å². The Morgan fingerprint density at radius 3 is 2.04 bits per heavy atom. The van der Waals surface area contributed by atoms with Crippen LogP contribution in [0.1, 0.15) is 30.6 Å². The summed E-state index contributed by atoms with van der Waals surface area (Å²) < 4.78 is 0. The van der Waals surface area contributed by atoms with Gasteiger partial charge in [-0.05, 0) is 68.2 Å². The molecule has 5 aliphatic rings. The van der Waals surface area contributed by atoms with Crippen LogP contribution in [-0.2, 0) is 14.4 Å². The first-order chi connectivity index (χ1) is 13.4. The molecule has 3 fully saturated rings. The SMILES string of the molecule is CC(=O)c1ccc(NC(=O)[C@@H](C)N2C(=O)[C@H]3[C@@H]4C=C[C@H]([C@@H]5C[C@H]45)[C@@H]3C2=O)cc1. The topological polar surface area (TPSA) is 83.6 Å². The lowest BCUT2D eigenvalue weighted by Crippen LogP contribution is -2.46. The number of nitrogens with one attached hydrogen (secondary N) is 1. The monoisotopic (exact) mass is 378 g/mol. The van der Waals surface area contributed by atoms with Crippen molar-refractivity contribution in [1.82, 2.24) is 4.90 Å². The third kappa shape index (κ3) is 2.33. The molecule has 1 heterocycles. The van der Waals surface area contributed by atoms with Gasteiger partial charge in [-0.15, -0.1) is 0 Å². The Bertz CT molecular complexity index is 898. The maximum atomic E-state index is 13.1. The van der Waals surface area contributed by atoms with Crippen LogP contribution in [-0.4, -0.2) is 34.4 Å². The van der Waals surface area contributed by atoms with Crippen molar-refractivity contribution >= 4 is 29.2 Å². The van der Waals surface area contributed by atoms with Crippen molar-refractivity contribution < 1.29 is 19.2 Å². The van der Waals surface area contributed by atoms with Crippen LogP contribution in [0.2, 0.25) is 0 Å². The minimum atomic E-state index is -0.867. The normalized spacial score (nSPS) is 35.4. The summed E-state index contributed by atoms with van der Waals surface area (Å²) in [7, 11) is 0. The van der Waals surface area contributed by atoms with Gasteiger partial charge in [-0.3, -0.25) is 24.1 Å². The maximum Gasteiger partial charge on any atom is 0.247 e. The number of hydrogen-bond donors (Lipinski definition) is 1. The van der Waals surface area contributed by atoms with Gasteiger partial charge in [0.1, 0.15) is 6.04 Å². The summed E-state index contributed by atoms with van der Waals surface area (Å²) in [4.78, 5) is 51.4. The summed E-state index contributed by atoms with van der Waals surface area (Å²) in [6, 6.07) is 5.70. The van der Waals surface area contributed by atoms with Crippen LogP contribution in [0.25, 0.3) is 0 Å². The Balaban J connectivity index is 1.33. The molecule has 1 aromatic carbocycles. The molecule has 3 amide bonds. The Hall–Kier alpha value is -2.76. The highest BCUT2D eigenvalue weighted by Crippen LogP contribution is 2.65. The summed E-state index contributed by atoms with van der Waals surface area (Å²) >= 11 is 0. The predicted molar refractivity (Wildman–Crippen MR) is 101 cm³/mol. The average molecular weight is 378 g/mol. The number of benzene rings is 1. The van der Waals surface area contributed by atoms with E-state index >= 15 is 0 Å². The van der Waals surface area contributed by atoms with E-state index in [1.807, 2.05) is 0 Å². The van der Waals surface area contributed by atoms with Gasteiger partial charge in [-0.2, -0.15) is 0 Å². The van der Waals surface area contributed by atoms with Crippen molar-refractivity contribution in [3.8, 4) is 0 Å². The lowest BCUT2D eigenvalue weighted by atomic mass is 9.63. The number of hydrogen-bond acceptors (Lipinski definition) is 4. The fourth-order valence-corrected chi connectivity index (χ4v) is 5.51. The quantitative estimate of drug-likeness (QED) is 0.495. The molecule has 6 rings (SSSR count). The zero-order chi connectivity index (χ0) is 19.7. The first kappa shape index (κ1) is 17.3. The van der Waals surface area contributed by atoms with Crippen LogP contribution < -0.4 is 5.32 Å². The molecule has 28 heavy (non-hydrogen) atoms. The van der Waals surface area contributed by atoms with Gasteiger partial charge in [0.2, 0.25) is 17.7 Å². The Kier molecular flexibility index (Phi) is 3.63. The van der Waals surface area contributed by atoms with Crippen LogP contribution in [0, 0.1) is 35.5 Å². The van der Waals surface area contributed by atoms with E-state index in [0.29, 0.717) is 23.1 Å². The minimum absolute atomic E-state index is 0.0524. The number of likely N-dealkylation sites (tertiary alicyclic amines) is 1. The second-order valence-electron chi connectivity index (χ2n) is 8.50. The summed E-state index contributed by atoms with van der Waals surface area (Å²) in [6.07, 6.45) is 5.36. The highest BCUT2D eigenvalue weighted by Gasteiger charge is 2.67. The molecule has 4 aliphatic carbocycles. The van der Waals surface area contributed by atoms with Crippen LogP contribution in [0.5, 0.6) is 0 Å². The first-order valence-electron chi connectivity index (χ1n) is 9.85. The van der Waals surface area contributed by atoms with Crippen LogP contribution in [0.4, 0.5) is 5.69 Å². The molecule has 0 unspecified atom stereocenters. The molecule has 2 saturated carbocycles. The van der Waals surface area contributed by atoms with Crippen LogP contribution in [0.3, 0.4) is 0 Å². The first-order valence-corrected chi connectivity index (χ1v) is 9.85. The Labute approximate surface area is 163 Å². The molecular weight excluding hydrogens is 356 g/mol. The standard InChI is InChI=1S/C22H22N2O4/c1-10(20(26)23-13-5-3-12(4-6-13)11(2)25)24-21(27)18-14-7-8-15(17-9-16(14)17)19(18)22(24)28/h3-8,10,14-19H,9H2,1-2H3,(H,23,26)/t10-,14-,15-,16-,17+,18+,19+/m1/s1. The molecule has 1 N–H and O–H groups in total. The van der Waals surface area contributed by atoms with Crippen molar-refractivity contribution in [2.45, 2.75) is 26.3 Å². The van der Waals surface area contributed by atoms with Gasteiger partial charge < -0.3 is 5.32 Å². The van der Waals surface area contributed by atoms with E-state index in [2.05, 4.69) is 17.5 Å². The highest BCUT2D eigenvalue weighted by molar-refractivity contribution is 6.10. The number of rotatable bonds is 4. The third-order valence-corrected chi connectivity index (χ3v) is 7.02. The number of ketones is 1. The van der Waals surface area contributed by atoms with Gasteiger partial charge in [-0.1, -0.05) is 12.2 Å². The lowest BCUT2D eigenvalue weighted by Gasteiger charge is -2.37. The Morgan fingerprint density at radius 1 is 1.00 bits per heavy atom. The molecule has 1 aromatic rings. The van der Waals surface area contributed by atoms with Crippen LogP contribution in [0.15, 0.2) is 36.4 Å². The second-order valence-corrected chi connectivity index (χ2v) is 8.50. The molecule has 0 aromatic heterocycles. The van der Waals surface area contributed by atoms with Gasteiger partial charge in [0.05, 0.1) is 11.8 Å². The average Bonchev–Trinajstić information content (AvgIpc) is 3.45. The molecule has 2 bridgehead atoms. The molecule has 6 heteroatoms. The van der Waals surface area contributed by atoms with E-state index < -0.39 is 11.9 Å². The van der Waals surface area contributed by atoms with E-state index in [-0.39, 0.29) is 41.3 Å².